The molecule has 2 rings (SSSR count). The standard InChI is InChI=1S/C17H25FN2O/c1-19(2)11-9-17-14-20(12-13-21-17)10-3-4-15-5-7-16(18)8-6-15/h3-8,17H,9-14H2,1-2H3/b4-3+. The van der Waals surface area contributed by atoms with Crippen molar-refractivity contribution in [3.8, 4) is 0 Å². The van der Waals surface area contributed by atoms with Crippen LogP contribution in [-0.2, 0) is 4.74 Å². The predicted octanol–water partition coefficient (Wildman–Crippen LogP) is 2.49. The number of halogens is 1. The summed E-state index contributed by atoms with van der Waals surface area (Å²) < 4.78 is 18.6. The van der Waals surface area contributed by atoms with Crippen molar-refractivity contribution in [2.45, 2.75) is 12.5 Å². The van der Waals surface area contributed by atoms with Crippen molar-refractivity contribution in [3.63, 3.8) is 0 Å². The number of hydrogen-bond acceptors (Lipinski definition) is 3. The Bertz CT molecular complexity index is 445. The van der Waals surface area contributed by atoms with Crippen molar-refractivity contribution in [3.05, 3.63) is 41.7 Å². The molecular weight excluding hydrogens is 267 g/mol. The van der Waals surface area contributed by atoms with E-state index >= 15 is 0 Å². The number of benzene rings is 1. The Morgan fingerprint density at radius 1 is 1.33 bits per heavy atom. The van der Waals surface area contributed by atoms with Crippen LogP contribution in [-0.4, -0.2) is 62.8 Å². The van der Waals surface area contributed by atoms with Crippen LogP contribution >= 0.6 is 0 Å². The fraction of sp³-hybridized carbons (Fsp3) is 0.529. The summed E-state index contributed by atoms with van der Waals surface area (Å²) in [5.74, 6) is -0.191. The number of hydrogen-bond donors (Lipinski definition) is 0. The normalized spacial score (nSPS) is 20.5. The van der Waals surface area contributed by atoms with Gasteiger partial charge in [0.25, 0.3) is 0 Å². The molecule has 1 heterocycles. The van der Waals surface area contributed by atoms with Crippen LogP contribution in [0.25, 0.3) is 6.08 Å². The SMILES string of the molecule is CN(C)CCC1CN(C/C=C/c2ccc(F)cc2)CCO1. The summed E-state index contributed by atoms with van der Waals surface area (Å²) in [5.41, 5.74) is 1.04. The zero-order valence-corrected chi connectivity index (χ0v) is 13.0. The monoisotopic (exact) mass is 292 g/mol. The first-order chi connectivity index (χ1) is 10.1. The maximum Gasteiger partial charge on any atom is 0.123 e. The molecular formula is C17H25FN2O. The van der Waals surface area contributed by atoms with Crippen LogP contribution in [0.4, 0.5) is 4.39 Å². The molecule has 4 heteroatoms. The number of rotatable bonds is 6. The Morgan fingerprint density at radius 2 is 2.10 bits per heavy atom. The third-order valence-electron chi connectivity index (χ3n) is 3.67. The van der Waals surface area contributed by atoms with Crippen molar-refractivity contribution in [1.82, 2.24) is 9.80 Å². The van der Waals surface area contributed by atoms with Gasteiger partial charge in [-0.05, 0) is 38.2 Å². The average molecular weight is 292 g/mol. The Morgan fingerprint density at radius 3 is 2.81 bits per heavy atom. The largest absolute Gasteiger partial charge is 0.376 e. The Labute approximate surface area is 127 Å². The zero-order chi connectivity index (χ0) is 15.1. The van der Waals surface area contributed by atoms with Gasteiger partial charge in [-0.1, -0.05) is 24.3 Å². The van der Waals surface area contributed by atoms with Gasteiger partial charge < -0.3 is 9.64 Å². The first-order valence-corrected chi connectivity index (χ1v) is 7.54. The molecule has 1 aromatic rings. The lowest BCUT2D eigenvalue weighted by molar-refractivity contribution is -0.0304. The van der Waals surface area contributed by atoms with Crippen molar-refractivity contribution in [2.75, 3.05) is 46.9 Å². The quantitative estimate of drug-likeness (QED) is 0.801. The highest BCUT2D eigenvalue weighted by atomic mass is 19.1. The van der Waals surface area contributed by atoms with Crippen LogP contribution in [0.5, 0.6) is 0 Å². The fourth-order valence-electron chi connectivity index (χ4n) is 2.43. The van der Waals surface area contributed by atoms with Gasteiger partial charge in [0.05, 0.1) is 12.7 Å². The molecule has 0 radical (unpaired) electrons. The number of nitrogens with zero attached hydrogens (tertiary/aromatic N) is 2. The molecule has 1 aromatic carbocycles. The van der Waals surface area contributed by atoms with Crippen molar-refractivity contribution < 1.29 is 9.13 Å². The molecule has 1 aliphatic rings. The van der Waals surface area contributed by atoms with Gasteiger partial charge in [-0.25, -0.2) is 4.39 Å². The van der Waals surface area contributed by atoms with Crippen LogP contribution in [0.1, 0.15) is 12.0 Å². The van der Waals surface area contributed by atoms with E-state index in [1.165, 1.54) is 12.1 Å². The Kier molecular flexibility index (Phi) is 6.36. The smallest absolute Gasteiger partial charge is 0.123 e. The van der Waals surface area contributed by atoms with E-state index in [0.29, 0.717) is 6.10 Å². The van der Waals surface area contributed by atoms with Gasteiger partial charge >= 0.3 is 0 Å². The van der Waals surface area contributed by atoms with E-state index in [0.717, 1.165) is 44.8 Å². The van der Waals surface area contributed by atoms with Gasteiger partial charge in [-0.15, -0.1) is 0 Å². The minimum Gasteiger partial charge on any atom is -0.376 e. The maximum atomic E-state index is 12.8. The lowest BCUT2D eigenvalue weighted by atomic mass is 10.2. The van der Waals surface area contributed by atoms with E-state index in [1.807, 2.05) is 6.08 Å². The summed E-state index contributed by atoms with van der Waals surface area (Å²) in [6, 6.07) is 6.58. The molecule has 0 aromatic heterocycles. The molecule has 0 saturated carbocycles. The summed E-state index contributed by atoms with van der Waals surface area (Å²) in [6.07, 6.45) is 5.59. The van der Waals surface area contributed by atoms with E-state index in [2.05, 4.69) is 30.0 Å². The Hall–Kier alpha value is -1.23. The van der Waals surface area contributed by atoms with Gasteiger partial charge in [0, 0.05) is 26.2 Å². The first-order valence-electron chi connectivity index (χ1n) is 7.54. The molecule has 116 valence electrons. The van der Waals surface area contributed by atoms with E-state index < -0.39 is 0 Å². The minimum absolute atomic E-state index is 0.191. The number of morpholine rings is 1. The average Bonchev–Trinajstić information content (AvgIpc) is 2.48. The third-order valence-corrected chi connectivity index (χ3v) is 3.67. The maximum absolute atomic E-state index is 12.8. The lowest BCUT2D eigenvalue weighted by Crippen LogP contribution is -2.43. The summed E-state index contributed by atoms with van der Waals surface area (Å²) in [6.45, 7) is 4.75. The Balaban J connectivity index is 1.75. The van der Waals surface area contributed by atoms with Gasteiger partial charge in [0.15, 0.2) is 0 Å². The van der Waals surface area contributed by atoms with E-state index in [-0.39, 0.29) is 5.82 Å². The molecule has 0 spiro atoms. The first kappa shape index (κ1) is 16.1. The van der Waals surface area contributed by atoms with Gasteiger partial charge in [-0.3, -0.25) is 4.90 Å². The van der Waals surface area contributed by atoms with Crippen LogP contribution in [0.15, 0.2) is 30.3 Å². The molecule has 0 N–H and O–H groups in total. The second-order valence-corrected chi connectivity index (χ2v) is 5.80. The van der Waals surface area contributed by atoms with Gasteiger partial charge in [-0.2, -0.15) is 0 Å². The predicted molar refractivity (Wildman–Crippen MR) is 84.8 cm³/mol. The minimum atomic E-state index is -0.191. The van der Waals surface area contributed by atoms with Crippen LogP contribution in [0.2, 0.25) is 0 Å². The van der Waals surface area contributed by atoms with E-state index in [1.54, 1.807) is 12.1 Å². The molecule has 0 aliphatic carbocycles. The summed E-state index contributed by atoms with van der Waals surface area (Å²) in [4.78, 5) is 4.60. The molecule has 0 amide bonds. The third kappa shape index (κ3) is 5.96. The van der Waals surface area contributed by atoms with Crippen molar-refractivity contribution >= 4 is 6.08 Å². The highest BCUT2D eigenvalue weighted by Gasteiger charge is 2.19. The zero-order valence-electron chi connectivity index (χ0n) is 13.0. The van der Waals surface area contributed by atoms with Crippen LogP contribution < -0.4 is 0 Å². The van der Waals surface area contributed by atoms with Gasteiger partial charge in [0.1, 0.15) is 5.82 Å². The lowest BCUT2D eigenvalue weighted by Gasteiger charge is -2.32. The van der Waals surface area contributed by atoms with Crippen LogP contribution in [0.3, 0.4) is 0 Å². The molecule has 1 fully saturated rings. The topological polar surface area (TPSA) is 15.7 Å². The van der Waals surface area contributed by atoms with E-state index in [4.69, 9.17) is 4.74 Å². The molecule has 1 aliphatic heterocycles. The van der Waals surface area contributed by atoms with Crippen molar-refractivity contribution in [2.24, 2.45) is 0 Å². The second-order valence-electron chi connectivity index (χ2n) is 5.80. The second kappa shape index (κ2) is 8.27. The fourth-order valence-corrected chi connectivity index (χ4v) is 2.43. The number of ether oxygens (including phenoxy) is 1. The highest BCUT2D eigenvalue weighted by molar-refractivity contribution is 5.48. The molecule has 1 unspecified atom stereocenters. The summed E-state index contributed by atoms with van der Waals surface area (Å²) >= 11 is 0. The van der Waals surface area contributed by atoms with Gasteiger partial charge in [0.2, 0.25) is 0 Å². The molecule has 1 saturated heterocycles. The summed E-state index contributed by atoms with van der Waals surface area (Å²) in [5, 5.41) is 0. The molecule has 0 bridgehead atoms. The molecule has 3 nitrogen and oxygen atoms in total. The van der Waals surface area contributed by atoms with Crippen molar-refractivity contribution in [1.29, 1.82) is 0 Å². The molecule has 1 atom stereocenters. The highest BCUT2D eigenvalue weighted by Crippen LogP contribution is 2.10. The summed E-state index contributed by atoms with van der Waals surface area (Å²) in [7, 11) is 4.18. The van der Waals surface area contributed by atoms with Crippen LogP contribution in [0, 0.1) is 5.82 Å². The van der Waals surface area contributed by atoms with E-state index in [9.17, 15) is 4.39 Å². The molecule has 21 heavy (non-hydrogen) atoms.